The van der Waals surface area contributed by atoms with Gasteiger partial charge in [-0.1, -0.05) is 0 Å². The zero-order chi connectivity index (χ0) is 8.57. The van der Waals surface area contributed by atoms with Crippen LogP contribution in [0, 0.1) is 5.41 Å². The van der Waals surface area contributed by atoms with Gasteiger partial charge >= 0.3 is 6.03 Å². The third-order valence-corrected chi connectivity index (χ3v) is 0.351. The number of hydrogen-bond donors (Lipinski definition) is 5. The first kappa shape index (κ1) is 11.8. The van der Waals surface area contributed by atoms with E-state index in [0.717, 1.165) is 0 Å². The standard InChI is InChI=1S/C3H8N2O.CH4N2S/c1-2-5-3(4)6;2-1(3)4/h2H2,1H3,(H3,4,5,6);(H4,2,3,4). The highest BCUT2D eigenvalue weighted by Crippen LogP contribution is 1.56. The Morgan fingerprint density at radius 1 is 1.70 bits per heavy atom. The molecule has 0 rings (SSSR count). The normalized spacial score (nSPS) is 7.00. The number of primary amides is 1. The summed E-state index contributed by atoms with van der Waals surface area (Å²) in [4.78, 5) is 9.71. The summed E-state index contributed by atoms with van der Waals surface area (Å²) >= 11 is 3.33. The number of amidine groups is 1. The van der Waals surface area contributed by atoms with Gasteiger partial charge in [0, 0.05) is 6.54 Å². The molecule has 60 valence electrons. The van der Waals surface area contributed by atoms with Crippen molar-refractivity contribution in [3.05, 3.63) is 0 Å². The summed E-state index contributed by atoms with van der Waals surface area (Å²) in [5.41, 5.74) is 9.21. The maximum atomic E-state index is 9.71. The monoisotopic (exact) mass is 164 g/mol. The highest BCUT2D eigenvalue weighted by molar-refractivity contribution is 7.96. The van der Waals surface area contributed by atoms with Gasteiger partial charge in [-0.05, 0) is 6.92 Å². The van der Waals surface area contributed by atoms with Crippen molar-refractivity contribution in [1.82, 2.24) is 5.32 Å². The van der Waals surface area contributed by atoms with E-state index in [1.54, 1.807) is 0 Å². The maximum absolute atomic E-state index is 9.71. The molecule has 0 spiro atoms. The Morgan fingerprint density at radius 2 is 2.00 bits per heavy atom. The summed E-state index contributed by atoms with van der Waals surface area (Å²) in [5.74, 6) is 0. The molecule has 0 fully saturated rings. The molecule has 0 atom stereocenters. The minimum absolute atomic E-state index is 0.139. The molecule has 5 nitrogen and oxygen atoms in total. The summed E-state index contributed by atoms with van der Waals surface area (Å²) in [6, 6.07) is -0.461. The second-order valence-corrected chi connectivity index (χ2v) is 1.76. The van der Waals surface area contributed by atoms with E-state index in [1.807, 2.05) is 6.92 Å². The summed E-state index contributed by atoms with van der Waals surface area (Å²) in [6.45, 7) is 2.42. The van der Waals surface area contributed by atoms with Crippen LogP contribution in [-0.4, -0.2) is 17.7 Å². The maximum Gasteiger partial charge on any atom is 0.312 e. The Bertz CT molecular complexity index is 112. The Hall–Kier alpha value is -0.910. The Kier molecular flexibility index (Phi) is 9.57. The van der Waals surface area contributed by atoms with Gasteiger partial charge < -0.3 is 16.8 Å². The van der Waals surface area contributed by atoms with Crippen molar-refractivity contribution in [2.24, 2.45) is 11.5 Å². The van der Waals surface area contributed by atoms with Gasteiger partial charge in [-0.3, -0.25) is 5.41 Å². The first-order chi connectivity index (χ1) is 4.50. The molecule has 0 aliphatic carbocycles. The van der Waals surface area contributed by atoms with E-state index in [-0.39, 0.29) is 5.17 Å². The molecule has 0 saturated heterocycles. The number of carbonyl (C=O) groups is 1. The molecule has 0 aromatic carbocycles. The first-order valence-electron chi connectivity index (χ1n) is 2.57. The molecule has 0 heterocycles. The van der Waals surface area contributed by atoms with E-state index in [2.05, 4.69) is 29.4 Å². The van der Waals surface area contributed by atoms with Crippen LogP contribution in [0.15, 0.2) is 0 Å². The zero-order valence-corrected chi connectivity index (χ0v) is 6.61. The molecule has 0 saturated carbocycles. The Morgan fingerprint density at radius 3 is 2.00 bits per heavy atom. The van der Waals surface area contributed by atoms with Crippen LogP contribution < -0.4 is 16.8 Å². The first-order valence-corrected chi connectivity index (χ1v) is 3.01. The van der Waals surface area contributed by atoms with Crippen LogP contribution in [0.3, 0.4) is 0 Å². The fourth-order valence-corrected chi connectivity index (χ4v) is 0.174. The van der Waals surface area contributed by atoms with Crippen LogP contribution in [0.5, 0.6) is 0 Å². The minimum Gasteiger partial charge on any atom is -0.379 e. The Labute approximate surface area is 65.1 Å². The molecule has 0 aromatic rings. The van der Waals surface area contributed by atoms with Crippen molar-refractivity contribution in [2.45, 2.75) is 6.92 Å². The van der Waals surface area contributed by atoms with Gasteiger partial charge in [-0.15, -0.1) is 12.6 Å². The lowest BCUT2D eigenvalue weighted by molar-refractivity contribution is 0.249. The molecule has 0 bridgehead atoms. The van der Waals surface area contributed by atoms with Crippen LogP contribution in [0.4, 0.5) is 4.79 Å². The average molecular weight is 164 g/mol. The fourth-order valence-electron chi connectivity index (χ4n) is 0.174. The molecule has 6 heteroatoms. The van der Waals surface area contributed by atoms with Crippen molar-refractivity contribution in [3.8, 4) is 0 Å². The van der Waals surface area contributed by atoms with Crippen molar-refractivity contribution >= 4 is 23.8 Å². The van der Waals surface area contributed by atoms with Crippen LogP contribution in [0.1, 0.15) is 6.92 Å². The van der Waals surface area contributed by atoms with E-state index in [1.165, 1.54) is 0 Å². The zero-order valence-electron chi connectivity index (χ0n) is 5.72. The number of urea groups is 1. The molecule has 0 radical (unpaired) electrons. The molecule has 0 aliphatic rings. The number of nitrogens with two attached hydrogens (primary N) is 2. The molecular weight excluding hydrogens is 152 g/mol. The molecule has 2 amide bonds. The van der Waals surface area contributed by atoms with Gasteiger partial charge in [-0.25, -0.2) is 4.79 Å². The quantitative estimate of drug-likeness (QED) is 0.204. The Balaban J connectivity index is 0. The molecule has 0 aromatic heterocycles. The topological polar surface area (TPSA) is 105 Å². The van der Waals surface area contributed by atoms with Gasteiger partial charge in [0.25, 0.3) is 0 Å². The van der Waals surface area contributed by atoms with Crippen molar-refractivity contribution in [1.29, 1.82) is 5.41 Å². The van der Waals surface area contributed by atoms with Crippen molar-refractivity contribution in [2.75, 3.05) is 6.54 Å². The van der Waals surface area contributed by atoms with Gasteiger partial charge in [0.1, 0.15) is 5.17 Å². The van der Waals surface area contributed by atoms with Crippen LogP contribution in [0.25, 0.3) is 0 Å². The van der Waals surface area contributed by atoms with E-state index >= 15 is 0 Å². The molecular formula is C4H12N4OS. The number of rotatable bonds is 1. The number of amides is 2. The molecule has 0 unspecified atom stereocenters. The van der Waals surface area contributed by atoms with E-state index in [4.69, 9.17) is 5.41 Å². The minimum atomic E-state index is -0.461. The third-order valence-electron chi connectivity index (χ3n) is 0.351. The van der Waals surface area contributed by atoms with Gasteiger partial charge in [0.2, 0.25) is 0 Å². The van der Waals surface area contributed by atoms with E-state index in [0.29, 0.717) is 6.54 Å². The van der Waals surface area contributed by atoms with Gasteiger partial charge in [-0.2, -0.15) is 0 Å². The number of nitrogens with one attached hydrogen (secondary N) is 2. The third kappa shape index (κ3) is 60.2. The largest absolute Gasteiger partial charge is 0.379 e. The number of hydrogen-bond acceptors (Lipinski definition) is 2. The van der Waals surface area contributed by atoms with Gasteiger partial charge in [0.05, 0.1) is 0 Å². The summed E-state index contributed by atoms with van der Waals surface area (Å²) in [5, 5.41) is 8.35. The lowest BCUT2D eigenvalue weighted by atomic mass is 10.7. The van der Waals surface area contributed by atoms with Crippen molar-refractivity contribution in [3.63, 3.8) is 0 Å². The second-order valence-electron chi connectivity index (χ2n) is 1.28. The van der Waals surface area contributed by atoms with Gasteiger partial charge in [0.15, 0.2) is 0 Å². The van der Waals surface area contributed by atoms with E-state index in [9.17, 15) is 4.79 Å². The highest BCUT2D eigenvalue weighted by atomic mass is 32.1. The van der Waals surface area contributed by atoms with Crippen molar-refractivity contribution < 1.29 is 4.79 Å². The highest BCUT2D eigenvalue weighted by Gasteiger charge is 1.79. The molecule has 10 heavy (non-hydrogen) atoms. The molecule has 6 N–H and O–H groups in total. The predicted molar refractivity (Wildman–Crippen MR) is 44.2 cm³/mol. The van der Waals surface area contributed by atoms with Crippen LogP contribution >= 0.6 is 12.6 Å². The lowest BCUT2D eigenvalue weighted by Crippen LogP contribution is -2.28. The summed E-state index contributed by atoms with van der Waals surface area (Å²) < 4.78 is 0. The number of carbonyl (C=O) groups excluding carboxylic acids is 1. The number of thiol groups is 1. The second kappa shape index (κ2) is 8.09. The lowest BCUT2D eigenvalue weighted by Gasteiger charge is -1.88. The van der Waals surface area contributed by atoms with Crippen LogP contribution in [-0.2, 0) is 0 Å². The smallest absolute Gasteiger partial charge is 0.312 e. The van der Waals surface area contributed by atoms with E-state index < -0.39 is 6.03 Å². The predicted octanol–water partition coefficient (Wildman–Crippen LogP) is -0.516. The summed E-state index contributed by atoms with van der Waals surface area (Å²) in [7, 11) is 0. The average Bonchev–Trinajstić information content (AvgIpc) is 1.62. The fraction of sp³-hybridized carbons (Fsp3) is 0.500. The summed E-state index contributed by atoms with van der Waals surface area (Å²) in [6.07, 6.45) is 0. The SMILES string of the molecule is CCNC(N)=O.N=C(N)S. The van der Waals surface area contributed by atoms with Crippen LogP contribution in [0.2, 0.25) is 0 Å². The molecule has 0 aliphatic heterocycles.